The first-order valence-electron chi connectivity index (χ1n) is 8.10. The molecule has 0 unspecified atom stereocenters. The van der Waals surface area contributed by atoms with Crippen molar-refractivity contribution in [2.24, 2.45) is 0 Å². The van der Waals surface area contributed by atoms with Crippen LogP contribution in [0.1, 0.15) is 47.3 Å². The summed E-state index contributed by atoms with van der Waals surface area (Å²) in [6.45, 7) is 3.25. The van der Waals surface area contributed by atoms with Gasteiger partial charge in [-0.2, -0.15) is 0 Å². The van der Waals surface area contributed by atoms with Crippen molar-refractivity contribution in [2.45, 2.75) is 58.0 Å². The van der Waals surface area contributed by atoms with E-state index in [0.29, 0.717) is 0 Å². The normalized spacial score (nSPS) is 14.5. The predicted molar refractivity (Wildman–Crippen MR) is 89.8 cm³/mol. The summed E-state index contributed by atoms with van der Waals surface area (Å²) in [5.41, 5.74) is 2.74. The fraction of sp³-hybridized carbons (Fsp3) is 0.500. The molecule has 2 aromatic rings. The quantitative estimate of drug-likeness (QED) is 0.793. The van der Waals surface area contributed by atoms with Crippen molar-refractivity contribution in [3.8, 4) is 0 Å². The molecule has 3 rings (SSSR count). The Balaban J connectivity index is 1.62. The molecule has 1 aromatic heterocycles. The molecular formula is C18H24N2S. The van der Waals surface area contributed by atoms with Gasteiger partial charge in [-0.25, -0.2) is 4.98 Å². The molecule has 1 aromatic carbocycles. The molecule has 1 saturated carbocycles. The lowest BCUT2D eigenvalue weighted by molar-refractivity contribution is 0.686. The van der Waals surface area contributed by atoms with Gasteiger partial charge >= 0.3 is 0 Å². The lowest BCUT2D eigenvalue weighted by atomic mass is 10.1. The van der Waals surface area contributed by atoms with Crippen molar-refractivity contribution in [1.82, 2.24) is 10.3 Å². The Morgan fingerprint density at radius 2 is 1.95 bits per heavy atom. The third-order valence-corrected chi connectivity index (χ3v) is 5.07. The molecule has 0 atom stereocenters. The Morgan fingerprint density at radius 1 is 1.14 bits per heavy atom. The lowest BCUT2D eigenvalue weighted by Crippen LogP contribution is -2.15. The van der Waals surface area contributed by atoms with Crippen LogP contribution in [0.25, 0.3) is 0 Å². The van der Waals surface area contributed by atoms with E-state index in [2.05, 4.69) is 42.6 Å². The largest absolute Gasteiger partial charge is 0.309 e. The van der Waals surface area contributed by atoms with Crippen LogP contribution in [-0.4, -0.2) is 11.0 Å². The van der Waals surface area contributed by atoms with Crippen molar-refractivity contribution in [3.63, 3.8) is 0 Å². The topological polar surface area (TPSA) is 24.9 Å². The van der Waals surface area contributed by atoms with Crippen LogP contribution in [0.2, 0.25) is 0 Å². The number of thiazole rings is 1. The maximum Gasteiger partial charge on any atom is 0.0934 e. The van der Waals surface area contributed by atoms with Gasteiger partial charge in [0.15, 0.2) is 0 Å². The van der Waals surface area contributed by atoms with Crippen molar-refractivity contribution < 1.29 is 0 Å². The summed E-state index contributed by atoms with van der Waals surface area (Å²) in [7, 11) is 0. The molecule has 1 heterocycles. The zero-order valence-corrected chi connectivity index (χ0v) is 13.6. The van der Waals surface area contributed by atoms with Crippen LogP contribution < -0.4 is 5.32 Å². The van der Waals surface area contributed by atoms with Crippen LogP contribution in [0, 0.1) is 0 Å². The second-order valence-corrected chi connectivity index (χ2v) is 7.04. The lowest BCUT2D eigenvalue weighted by Gasteiger charge is -2.01. The fourth-order valence-corrected chi connectivity index (χ4v) is 3.60. The number of benzene rings is 1. The van der Waals surface area contributed by atoms with Gasteiger partial charge in [-0.05, 0) is 31.2 Å². The van der Waals surface area contributed by atoms with Crippen LogP contribution >= 0.6 is 11.3 Å². The highest BCUT2D eigenvalue weighted by molar-refractivity contribution is 7.11. The van der Waals surface area contributed by atoms with Crippen molar-refractivity contribution >= 4 is 11.3 Å². The summed E-state index contributed by atoms with van der Waals surface area (Å²) >= 11 is 1.91. The van der Waals surface area contributed by atoms with E-state index in [1.807, 2.05) is 11.3 Å². The number of aromatic nitrogens is 1. The molecule has 0 radical (unpaired) electrons. The van der Waals surface area contributed by atoms with Gasteiger partial charge in [-0.15, -0.1) is 11.3 Å². The fourth-order valence-electron chi connectivity index (χ4n) is 2.53. The molecule has 21 heavy (non-hydrogen) atoms. The summed E-state index contributed by atoms with van der Waals surface area (Å²) in [6, 6.07) is 11.5. The van der Waals surface area contributed by atoms with Gasteiger partial charge in [0.1, 0.15) is 0 Å². The number of aryl methyl sites for hydroxylation is 3. The highest BCUT2D eigenvalue weighted by atomic mass is 32.1. The molecule has 112 valence electrons. The summed E-state index contributed by atoms with van der Waals surface area (Å²) < 4.78 is 0. The zero-order valence-electron chi connectivity index (χ0n) is 12.8. The van der Waals surface area contributed by atoms with Crippen molar-refractivity contribution in [1.29, 1.82) is 0 Å². The Morgan fingerprint density at radius 3 is 2.67 bits per heavy atom. The average molecular weight is 300 g/mol. The number of hydrogen-bond donors (Lipinski definition) is 1. The van der Waals surface area contributed by atoms with E-state index < -0.39 is 0 Å². The Kier molecular flexibility index (Phi) is 5.04. The minimum atomic E-state index is 0.773. The SMILES string of the molecule is CCCc1nc(CCc2ccccc2)sc1CNC1CC1. The smallest absolute Gasteiger partial charge is 0.0934 e. The van der Waals surface area contributed by atoms with Gasteiger partial charge in [0.05, 0.1) is 10.7 Å². The van der Waals surface area contributed by atoms with E-state index >= 15 is 0 Å². The van der Waals surface area contributed by atoms with Crippen LogP contribution in [0.3, 0.4) is 0 Å². The second kappa shape index (κ2) is 7.19. The first-order chi connectivity index (χ1) is 10.3. The molecule has 1 aliphatic carbocycles. The molecule has 1 N–H and O–H groups in total. The van der Waals surface area contributed by atoms with Gasteiger partial charge < -0.3 is 5.32 Å². The first-order valence-corrected chi connectivity index (χ1v) is 8.91. The molecule has 1 fully saturated rings. The van der Waals surface area contributed by atoms with E-state index in [1.54, 1.807) is 0 Å². The first kappa shape index (κ1) is 14.7. The van der Waals surface area contributed by atoms with Gasteiger partial charge in [0.2, 0.25) is 0 Å². The van der Waals surface area contributed by atoms with E-state index in [-0.39, 0.29) is 0 Å². The Bertz CT molecular complexity index is 558. The number of hydrogen-bond acceptors (Lipinski definition) is 3. The Labute approximate surface area is 131 Å². The maximum absolute atomic E-state index is 4.89. The highest BCUT2D eigenvalue weighted by Crippen LogP contribution is 2.24. The number of nitrogens with one attached hydrogen (secondary N) is 1. The summed E-state index contributed by atoms with van der Waals surface area (Å²) in [6.07, 6.45) is 7.15. The molecule has 0 bridgehead atoms. The molecule has 2 nitrogen and oxygen atoms in total. The molecule has 0 aliphatic heterocycles. The summed E-state index contributed by atoms with van der Waals surface area (Å²) in [4.78, 5) is 6.36. The maximum atomic E-state index is 4.89. The van der Waals surface area contributed by atoms with E-state index in [1.165, 1.54) is 40.4 Å². The molecule has 0 saturated heterocycles. The monoisotopic (exact) mass is 300 g/mol. The van der Waals surface area contributed by atoms with Crippen LogP contribution in [0.15, 0.2) is 30.3 Å². The standard InChI is InChI=1S/C18H24N2S/c1-2-6-16-17(13-19-15-10-11-15)21-18(20-16)12-9-14-7-4-3-5-8-14/h3-5,7-8,15,19H,2,6,9-13H2,1H3. The van der Waals surface area contributed by atoms with E-state index in [4.69, 9.17) is 4.98 Å². The van der Waals surface area contributed by atoms with Gasteiger partial charge in [0.25, 0.3) is 0 Å². The van der Waals surface area contributed by atoms with Crippen LogP contribution in [0.5, 0.6) is 0 Å². The molecule has 0 amide bonds. The average Bonchev–Trinajstić information content (AvgIpc) is 3.26. The third-order valence-electron chi connectivity index (χ3n) is 3.91. The van der Waals surface area contributed by atoms with Gasteiger partial charge in [0, 0.05) is 23.9 Å². The third kappa shape index (κ3) is 4.39. The molecule has 0 spiro atoms. The minimum Gasteiger partial charge on any atom is -0.309 e. The van der Waals surface area contributed by atoms with Gasteiger partial charge in [-0.1, -0.05) is 43.7 Å². The van der Waals surface area contributed by atoms with Crippen molar-refractivity contribution in [2.75, 3.05) is 0 Å². The molecule has 3 heteroatoms. The highest BCUT2D eigenvalue weighted by Gasteiger charge is 2.21. The Hall–Kier alpha value is -1.19. The predicted octanol–water partition coefficient (Wildman–Crippen LogP) is 4.13. The number of rotatable bonds is 8. The van der Waals surface area contributed by atoms with Crippen molar-refractivity contribution in [3.05, 3.63) is 51.5 Å². The van der Waals surface area contributed by atoms with E-state index in [9.17, 15) is 0 Å². The van der Waals surface area contributed by atoms with Crippen LogP contribution in [0.4, 0.5) is 0 Å². The number of nitrogens with zero attached hydrogens (tertiary/aromatic N) is 1. The van der Waals surface area contributed by atoms with E-state index in [0.717, 1.165) is 31.8 Å². The summed E-state index contributed by atoms with van der Waals surface area (Å²) in [5, 5.41) is 4.93. The molecular weight excluding hydrogens is 276 g/mol. The van der Waals surface area contributed by atoms with Crippen LogP contribution in [-0.2, 0) is 25.8 Å². The summed E-state index contributed by atoms with van der Waals surface area (Å²) in [5.74, 6) is 0. The molecule has 1 aliphatic rings. The van der Waals surface area contributed by atoms with Gasteiger partial charge in [-0.3, -0.25) is 0 Å². The zero-order chi connectivity index (χ0) is 14.5. The second-order valence-electron chi connectivity index (χ2n) is 5.87. The minimum absolute atomic E-state index is 0.773.